The SMILES string of the molecule is CCNC(=NCc1nc(C(F)(F)F)cs1)NCCCOc1ccc(F)cc1. The van der Waals surface area contributed by atoms with Crippen molar-refractivity contribution in [3.63, 3.8) is 0 Å². The zero-order valence-corrected chi connectivity index (χ0v) is 15.5. The number of rotatable bonds is 8. The second kappa shape index (κ2) is 10.1. The maximum atomic E-state index is 12.8. The predicted molar refractivity (Wildman–Crippen MR) is 96.4 cm³/mol. The van der Waals surface area contributed by atoms with Crippen LogP contribution in [0.3, 0.4) is 0 Å². The summed E-state index contributed by atoms with van der Waals surface area (Å²) in [5.41, 5.74) is -0.895. The highest BCUT2D eigenvalue weighted by Gasteiger charge is 2.33. The van der Waals surface area contributed by atoms with Gasteiger partial charge >= 0.3 is 6.18 Å². The van der Waals surface area contributed by atoms with Crippen LogP contribution >= 0.6 is 11.3 Å². The Kier molecular flexibility index (Phi) is 7.83. The number of nitrogens with zero attached hydrogens (tertiary/aromatic N) is 2. The quantitative estimate of drug-likeness (QED) is 0.304. The lowest BCUT2D eigenvalue weighted by Gasteiger charge is -2.11. The van der Waals surface area contributed by atoms with E-state index in [-0.39, 0.29) is 12.4 Å². The average Bonchev–Trinajstić information content (AvgIpc) is 3.10. The molecule has 0 saturated carbocycles. The van der Waals surface area contributed by atoms with Crippen molar-refractivity contribution in [3.05, 3.63) is 46.2 Å². The summed E-state index contributed by atoms with van der Waals surface area (Å²) in [6.45, 7) is 3.55. The summed E-state index contributed by atoms with van der Waals surface area (Å²) in [5.74, 6) is 0.752. The molecule has 5 nitrogen and oxygen atoms in total. The molecule has 0 aliphatic rings. The Morgan fingerprint density at radius 2 is 1.96 bits per heavy atom. The maximum absolute atomic E-state index is 12.8. The highest BCUT2D eigenvalue weighted by molar-refractivity contribution is 7.09. The lowest BCUT2D eigenvalue weighted by molar-refractivity contribution is -0.140. The number of aliphatic imine (C=N–C) groups is 1. The molecule has 27 heavy (non-hydrogen) atoms. The maximum Gasteiger partial charge on any atom is 0.434 e. The Labute approximate surface area is 158 Å². The first-order valence-electron chi connectivity index (χ1n) is 8.30. The van der Waals surface area contributed by atoms with Crippen LogP contribution in [-0.4, -0.2) is 30.6 Å². The molecule has 10 heteroatoms. The second-order valence-corrected chi connectivity index (χ2v) is 6.34. The molecule has 0 saturated heterocycles. The molecule has 0 unspecified atom stereocenters. The first kappa shape index (κ1) is 20.9. The molecule has 0 bridgehead atoms. The van der Waals surface area contributed by atoms with Gasteiger partial charge in [0.25, 0.3) is 0 Å². The highest BCUT2D eigenvalue weighted by atomic mass is 32.1. The predicted octanol–water partition coefficient (Wildman–Crippen LogP) is 3.83. The van der Waals surface area contributed by atoms with Gasteiger partial charge in [-0.15, -0.1) is 11.3 Å². The molecule has 0 spiro atoms. The van der Waals surface area contributed by atoms with Gasteiger partial charge in [0.1, 0.15) is 16.6 Å². The number of thiazole rings is 1. The Hall–Kier alpha value is -2.36. The van der Waals surface area contributed by atoms with E-state index in [9.17, 15) is 17.6 Å². The van der Waals surface area contributed by atoms with Gasteiger partial charge in [0.05, 0.1) is 13.2 Å². The standard InChI is InChI=1S/C17H20F4N4OS/c1-2-22-16(24-10-15-25-14(11-27-15)17(19,20)21)23-8-3-9-26-13-6-4-12(18)5-7-13/h4-7,11H,2-3,8-10H2,1H3,(H2,22,23,24). The fourth-order valence-corrected chi connectivity index (χ4v) is 2.73. The monoisotopic (exact) mass is 404 g/mol. The molecule has 2 N–H and O–H groups in total. The van der Waals surface area contributed by atoms with Crippen LogP contribution in [-0.2, 0) is 12.7 Å². The zero-order chi connectivity index (χ0) is 19.7. The van der Waals surface area contributed by atoms with Gasteiger partial charge in [-0.3, -0.25) is 0 Å². The highest BCUT2D eigenvalue weighted by Crippen LogP contribution is 2.30. The average molecular weight is 404 g/mol. The van der Waals surface area contributed by atoms with E-state index in [0.29, 0.717) is 42.8 Å². The molecule has 0 amide bonds. The molecule has 1 aromatic heterocycles. The lowest BCUT2D eigenvalue weighted by Crippen LogP contribution is -2.38. The molecule has 0 aliphatic carbocycles. The van der Waals surface area contributed by atoms with Gasteiger partial charge < -0.3 is 15.4 Å². The second-order valence-electron chi connectivity index (χ2n) is 5.40. The van der Waals surface area contributed by atoms with E-state index in [1.165, 1.54) is 12.1 Å². The summed E-state index contributed by atoms with van der Waals surface area (Å²) < 4.78 is 56.0. The van der Waals surface area contributed by atoms with Crippen molar-refractivity contribution in [3.8, 4) is 5.75 Å². The first-order chi connectivity index (χ1) is 12.9. The molecule has 0 fully saturated rings. The van der Waals surface area contributed by atoms with Gasteiger partial charge in [-0.05, 0) is 37.6 Å². The molecule has 1 heterocycles. The Morgan fingerprint density at radius 1 is 1.22 bits per heavy atom. The number of halogens is 4. The van der Waals surface area contributed by atoms with Crippen LogP contribution in [0.5, 0.6) is 5.75 Å². The Balaban J connectivity index is 1.76. The summed E-state index contributed by atoms with van der Waals surface area (Å²) in [6, 6.07) is 5.76. The van der Waals surface area contributed by atoms with Crippen molar-refractivity contribution >= 4 is 17.3 Å². The van der Waals surface area contributed by atoms with E-state index in [1.807, 2.05) is 6.92 Å². The first-order valence-corrected chi connectivity index (χ1v) is 9.18. The van der Waals surface area contributed by atoms with Crippen molar-refractivity contribution in [1.29, 1.82) is 0 Å². The smallest absolute Gasteiger partial charge is 0.434 e. The molecule has 1 aromatic carbocycles. The number of guanidine groups is 1. The summed E-state index contributed by atoms with van der Waals surface area (Å²) in [6.07, 6.45) is -3.77. The zero-order valence-electron chi connectivity index (χ0n) is 14.6. The van der Waals surface area contributed by atoms with Crippen molar-refractivity contribution in [1.82, 2.24) is 15.6 Å². The molecule has 0 atom stereocenters. The van der Waals surface area contributed by atoms with Crippen LogP contribution in [0.15, 0.2) is 34.6 Å². The van der Waals surface area contributed by atoms with Gasteiger partial charge in [0.2, 0.25) is 0 Å². The summed E-state index contributed by atoms with van der Waals surface area (Å²) in [4.78, 5) is 7.78. The number of aromatic nitrogens is 1. The number of nitrogens with one attached hydrogen (secondary N) is 2. The van der Waals surface area contributed by atoms with Crippen LogP contribution < -0.4 is 15.4 Å². The van der Waals surface area contributed by atoms with Gasteiger partial charge in [0, 0.05) is 18.5 Å². The normalized spacial score (nSPS) is 12.1. The minimum Gasteiger partial charge on any atom is -0.494 e. The van der Waals surface area contributed by atoms with E-state index in [0.717, 1.165) is 16.7 Å². The molecule has 0 aliphatic heterocycles. The van der Waals surface area contributed by atoms with Crippen molar-refractivity contribution in [2.75, 3.05) is 19.7 Å². The van der Waals surface area contributed by atoms with E-state index < -0.39 is 11.9 Å². The van der Waals surface area contributed by atoms with Gasteiger partial charge in [-0.2, -0.15) is 13.2 Å². The molecule has 0 radical (unpaired) electrons. The lowest BCUT2D eigenvalue weighted by atomic mass is 10.3. The number of ether oxygens (including phenoxy) is 1. The number of hydrogen-bond acceptors (Lipinski definition) is 4. The number of benzene rings is 1. The van der Waals surface area contributed by atoms with E-state index >= 15 is 0 Å². The Bertz CT molecular complexity index is 731. The minimum absolute atomic E-state index is 0.0577. The summed E-state index contributed by atoms with van der Waals surface area (Å²) >= 11 is 0.927. The third-order valence-electron chi connectivity index (χ3n) is 3.25. The van der Waals surface area contributed by atoms with Gasteiger partial charge in [-0.25, -0.2) is 14.4 Å². The van der Waals surface area contributed by atoms with E-state index in [4.69, 9.17) is 4.74 Å². The Morgan fingerprint density at radius 3 is 2.59 bits per heavy atom. The van der Waals surface area contributed by atoms with E-state index in [2.05, 4.69) is 20.6 Å². The van der Waals surface area contributed by atoms with Crippen molar-refractivity contribution in [2.45, 2.75) is 26.1 Å². The fraction of sp³-hybridized carbons (Fsp3) is 0.412. The van der Waals surface area contributed by atoms with Crippen LogP contribution in [0.1, 0.15) is 24.0 Å². The molecule has 2 rings (SSSR count). The third kappa shape index (κ3) is 7.41. The van der Waals surface area contributed by atoms with Gasteiger partial charge in [-0.1, -0.05) is 0 Å². The van der Waals surface area contributed by atoms with Crippen LogP contribution in [0.4, 0.5) is 17.6 Å². The molecule has 148 valence electrons. The minimum atomic E-state index is -4.44. The fourth-order valence-electron chi connectivity index (χ4n) is 2.00. The van der Waals surface area contributed by atoms with Crippen LogP contribution in [0.2, 0.25) is 0 Å². The largest absolute Gasteiger partial charge is 0.494 e. The topological polar surface area (TPSA) is 58.5 Å². The van der Waals surface area contributed by atoms with Crippen LogP contribution in [0, 0.1) is 5.82 Å². The summed E-state index contributed by atoms with van der Waals surface area (Å²) in [7, 11) is 0. The van der Waals surface area contributed by atoms with Crippen LogP contribution in [0.25, 0.3) is 0 Å². The molecular formula is C17H20F4N4OS. The number of hydrogen-bond donors (Lipinski definition) is 2. The third-order valence-corrected chi connectivity index (χ3v) is 4.09. The number of alkyl halides is 3. The van der Waals surface area contributed by atoms with Gasteiger partial charge in [0.15, 0.2) is 11.7 Å². The molecular weight excluding hydrogens is 384 g/mol. The van der Waals surface area contributed by atoms with E-state index in [1.54, 1.807) is 12.1 Å². The van der Waals surface area contributed by atoms with Crippen molar-refractivity contribution < 1.29 is 22.3 Å². The molecule has 2 aromatic rings. The summed E-state index contributed by atoms with van der Waals surface area (Å²) in [5, 5.41) is 7.37. The van der Waals surface area contributed by atoms with Crippen molar-refractivity contribution in [2.24, 2.45) is 4.99 Å².